The summed E-state index contributed by atoms with van der Waals surface area (Å²) in [7, 11) is 1.92. The van der Waals surface area contributed by atoms with Gasteiger partial charge >= 0.3 is 0 Å². The van der Waals surface area contributed by atoms with Crippen LogP contribution in [0.25, 0.3) is 0 Å². The molecule has 19 heavy (non-hydrogen) atoms. The SMILES string of the molecule is Cl.Cn1cc(Br)cc1C(=O)N1CCC2CCC(C1)N2. The molecule has 1 N–H and O–H groups in total. The molecule has 0 aliphatic carbocycles. The second-order valence-corrected chi connectivity index (χ2v) is 6.25. The van der Waals surface area contributed by atoms with Gasteiger partial charge in [0.05, 0.1) is 0 Å². The van der Waals surface area contributed by atoms with E-state index in [0.717, 1.165) is 29.7 Å². The summed E-state index contributed by atoms with van der Waals surface area (Å²) in [4.78, 5) is 14.5. The molecule has 2 unspecified atom stereocenters. The number of likely N-dealkylation sites (tertiary alicyclic amines) is 1. The number of halogens is 2. The largest absolute Gasteiger partial charge is 0.345 e. The molecule has 106 valence electrons. The Morgan fingerprint density at radius 2 is 2.11 bits per heavy atom. The second-order valence-electron chi connectivity index (χ2n) is 5.33. The molecule has 2 fully saturated rings. The van der Waals surface area contributed by atoms with Crippen LogP contribution in [-0.2, 0) is 7.05 Å². The lowest BCUT2D eigenvalue weighted by Gasteiger charge is -2.24. The minimum atomic E-state index is 0. The normalized spacial score (nSPS) is 25.9. The van der Waals surface area contributed by atoms with Crippen LogP contribution in [0.3, 0.4) is 0 Å². The van der Waals surface area contributed by atoms with Crippen LogP contribution >= 0.6 is 28.3 Å². The zero-order valence-electron chi connectivity index (χ0n) is 10.9. The summed E-state index contributed by atoms with van der Waals surface area (Å²) in [5, 5.41) is 3.60. The summed E-state index contributed by atoms with van der Waals surface area (Å²) < 4.78 is 2.85. The van der Waals surface area contributed by atoms with Crippen molar-refractivity contribution in [1.82, 2.24) is 14.8 Å². The van der Waals surface area contributed by atoms with E-state index in [9.17, 15) is 4.79 Å². The fourth-order valence-electron chi connectivity index (χ4n) is 3.03. The van der Waals surface area contributed by atoms with E-state index in [1.165, 1.54) is 12.8 Å². The van der Waals surface area contributed by atoms with Crippen molar-refractivity contribution in [2.45, 2.75) is 31.3 Å². The Morgan fingerprint density at radius 3 is 2.79 bits per heavy atom. The predicted octanol–water partition coefficient (Wildman–Crippen LogP) is 2.18. The van der Waals surface area contributed by atoms with Crippen LogP contribution in [0.15, 0.2) is 16.7 Å². The highest BCUT2D eigenvalue weighted by Crippen LogP contribution is 2.22. The number of carbonyl (C=O) groups excluding carboxylic acids is 1. The zero-order chi connectivity index (χ0) is 12.7. The van der Waals surface area contributed by atoms with Gasteiger partial charge in [0.25, 0.3) is 5.91 Å². The van der Waals surface area contributed by atoms with Gasteiger partial charge in [-0.1, -0.05) is 0 Å². The smallest absolute Gasteiger partial charge is 0.270 e. The highest BCUT2D eigenvalue weighted by atomic mass is 79.9. The van der Waals surface area contributed by atoms with Crippen LogP contribution in [0.4, 0.5) is 0 Å². The fraction of sp³-hybridized carbons (Fsp3) is 0.615. The van der Waals surface area contributed by atoms with E-state index in [2.05, 4.69) is 21.2 Å². The number of fused-ring (bicyclic) bond motifs is 2. The Kier molecular flexibility index (Phi) is 4.58. The van der Waals surface area contributed by atoms with E-state index in [0.29, 0.717) is 12.1 Å². The van der Waals surface area contributed by atoms with Crippen molar-refractivity contribution in [2.24, 2.45) is 7.05 Å². The number of aromatic nitrogens is 1. The molecule has 0 saturated carbocycles. The van der Waals surface area contributed by atoms with Crippen molar-refractivity contribution in [2.75, 3.05) is 13.1 Å². The average molecular weight is 349 g/mol. The van der Waals surface area contributed by atoms with Crippen LogP contribution in [0, 0.1) is 0 Å². The topological polar surface area (TPSA) is 37.3 Å². The van der Waals surface area contributed by atoms with Crippen LogP contribution in [0.5, 0.6) is 0 Å². The minimum absolute atomic E-state index is 0. The van der Waals surface area contributed by atoms with Crippen molar-refractivity contribution in [3.05, 3.63) is 22.4 Å². The van der Waals surface area contributed by atoms with Gasteiger partial charge in [-0.2, -0.15) is 0 Å². The average Bonchev–Trinajstić information content (AvgIpc) is 2.81. The van der Waals surface area contributed by atoms with E-state index in [4.69, 9.17) is 0 Å². The Morgan fingerprint density at radius 1 is 1.37 bits per heavy atom. The van der Waals surface area contributed by atoms with Crippen LogP contribution in [0.2, 0.25) is 0 Å². The summed E-state index contributed by atoms with van der Waals surface area (Å²) in [6.45, 7) is 1.72. The standard InChI is InChI=1S/C13H18BrN3O.ClH/c1-16-7-9(14)6-12(16)13(18)17-5-4-10-2-3-11(8-17)15-10;/h6-7,10-11,15H,2-5,8H2,1H3;1H. The lowest BCUT2D eigenvalue weighted by atomic mass is 10.1. The molecule has 3 rings (SSSR count). The lowest BCUT2D eigenvalue weighted by Crippen LogP contribution is -2.39. The third-order valence-corrected chi connectivity index (χ3v) is 4.43. The maximum Gasteiger partial charge on any atom is 0.270 e. The number of hydrogen-bond acceptors (Lipinski definition) is 2. The van der Waals surface area contributed by atoms with Crippen molar-refractivity contribution >= 4 is 34.2 Å². The van der Waals surface area contributed by atoms with Gasteiger partial charge in [-0.3, -0.25) is 4.79 Å². The van der Waals surface area contributed by atoms with E-state index < -0.39 is 0 Å². The molecule has 2 aliphatic rings. The Bertz CT molecular complexity index is 476. The number of hydrogen-bond donors (Lipinski definition) is 1. The maximum atomic E-state index is 12.5. The third kappa shape index (κ3) is 2.98. The molecular weight excluding hydrogens is 330 g/mol. The summed E-state index contributed by atoms with van der Waals surface area (Å²) in [6, 6.07) is 3.01. The molecule has 4 nitrogen and oxygen atoms in total. The van der Waals surface area contributed by atoms with Gasteiger partial charge < -0.3 is 14.8 Å². The van der Waals surface area contributed by atoms with Gasteiger partial charge in [-0.25, -0.2) is 0 Å². The van der Waals surface area contributed by atoms with Crippen LogP contribution < -0.4 is 5.32 Å². The first-order chi connectivity index (χ1) is 8.63. The van der Waals surface area contributed by atoms with Crippen molar-refractivity contribution < 1.29 is 4.79 Å². The second kappa shape index (κ2) is 5.85. The highest BCUT2D eigenvalue weighted by molar-refractivity contribution is 9.10. The molecule has 6 heteroatoms. The van der Waals surface area contributed by atoms with Gasteiger partial charge in [0, 0.05) is 42.9 Å². The monoisotopic (exact) mass is 347 g/mol. The summed E-state index contributed by atoms with van der Waals surface area (Å²) in [5.74, 6) is 0.151. The van der Waals surface area contributed by atoms with E-state index in [1.807, 2.05) is 28.8 Å². The quantitative estimate of drug-likeness (QED) is 0.844. The number of rotatable bonds is 1. The van der Waals surface area contributed by atoms with Crippen molar-refractivity contribution in [3.63, 3.8) is 0 Å². The number of nitrogens with zero attached hydrogens (tertiary/aromatic N) is 2. The first-order valence-corrected chi connectivity index (χ1v) is 7.30. The molecular formula is C13H19BrClN3O. The van der Waals surface area contributed by atoms with Gasteiger partial charge in [-0.15, -0.1) is 12.4 Å². The maximum absolute atomic E-state index is 12.5. The number of nitrogens with one attached hydrogen (secondary N) is 1. The molecule has 2 atom stereocenters. The van der Waals surface area contributed by atoms with Gasteiger partial charge in [-0.05, 0) is 41.3 Å². The van der Waals surface area contributed by atoms with E-state index in [-0.39, 0.29) is 18.3 Å². The van der Waals surface area contributed by atoms with Crippen molar-refractivity contribution in [3.8, 4) is 0 Å². The molecule has 3 heterocycles. The Hall–Kier alpha value is -0.520. The van der Waals surface area contributed by atoms with Crippen LogP contribution in [0.1, 0.15) is 29.8 Å². The van der Waals surface area contributed by atoms with Crippen LogP contribution in [-0.4, -0.2) is 40.5 Å². The predicted molar refractivity (Wildman–Crippen MR) is 80.8 cm³/mol. The van der Waals surface area contributed by atoms with Gasteiger partial charge in [0.15, 0.2) is 0 Å². The summed E-state index contributed by atoms with van der Waals surface area (Å²) >= 11 is 3.42. The first kappa shape index (κ1) is 14.9. The van der Waals surface area contributed by atoms with Gasteiger partial charge in [0.2, 0.25) is 0 Å². The molecule has 2 saturated heterocycles. The lowest BCUT2D eigenvalue weighted by molar-refractivity contribution is 0.0738. The third-order valence-electron chi connectivity index (χ3n) is 4.00. The zero-order valence-corrected chi connectivity index (χ0v) is 13.3. The molecule has 2 bridgehead atoms. The summed E-state index contributed by atoms with van der Waals surface area (Å²) in [6.07, 6.45) is 5.47. The minimum Gasteiger partial charge on any atom is -0.345 e. The van der Waals surface area contributed by atoms with Gasteiger partial charge in [0.1, 0.15) is 5.69 Å². The Balaban J connectivity index is 0.00000133. The molecule has 1 aromatic heterocycles. The molecule has 1 aromatic rings. The number of amides is 1. The molecule has 0 aromatic carbocycles. The highest BCUT2D eigenvalue weighted by Gasteiger charge is 2.32. The molecule has 1 amide bonds. The van der Waals surface area contributed by atoms with E-state index >= 15 is 0 Å². The van der Waals surface area contributed by atoms with Crippen molar-refractivity contribution in [1.29, 1.82) is 0 Å². The fourth-order valence-corrected chi connectivity index (χ4v) is 3.55. The first-order valence-electron chi connectivity index (χ1n) is 6.50. The summed E-state index contributed by atoms with van der Waals surface area (Å²) in [5.41, 5.74) is 0.764. The number of carbonyl (C=O) groups is 1. The molecule has 2 aliphatic heterocycles. The molecule has 0 spiro atoms. The van der Waals surface area contributed by atoms with E-state index in [1.54, 1.807) is 0 Å². The Labute approximate surface area is 128 Å². The molecule has 0 radical (unpaired) electrons. The number of aryl methyl sites for hydroxylation is 1.